The summed E-state index contributed by atoms with van der Waals surface area (Å²) in [6.07, 6.45) is 0. The van der Waals surface area contributed by atoms with Gasteiger partial charge in [0.05, 0.1) is 0 Å². The van der Waals surface area contributed by atoms with Gasteiger partial charge in [0, 0.05) is 17.9 Å². The summed E-state index contributed by atoms with van der Waals surface area (Å²) >= 11 is 13.8. The van der Waals surface area contributed by atoms with E-state index in [1.165, 1.54) is 5.46 Å². The Labute approximate surface area is 100 Å². The summed E-state index contributed by atoms with van der Waals surface area (Å²) in [6.45, 7) is 0. The summed E-state index contributed by atoms with van der Waals surface area (Å²) in [5.74, 6) is 0. The first-order valence-corrected chi connectivity index (χ1v) is 6.01. The van der Waals surface area contributed by atoms with Gasteiger partial charge in [0.2, 0.25) is 0 Å². The number of rotatable bonds is 0. The molecule has 0 aromatic heterocycles. The van der Waals surface area contributed by atoms with Crippen molar-refractivity contribution < 1.29 is 0 Å². The first-order valence-electron chi connectivity index (χ1n) is 2.83. The number of halogens is 4. The fourth-order valence-corrected chi connectivity index (χ4v) is 2.92. The Bertz CT molecular complexity index is 271. The molecule has 0 fully saturated rings. The van der Waals surface area contributed by atoms with E-state index in [2.05, 4.69) is 69.8 Å². The van der Waals surface area contributed by atoms with E-state index in [4.69, 9.17) is 0 Å². The van der Waals surface area contributed by atoms with Gasteiger partial charge in [-0.05, 0) is 47.8 Å². The molecule has 0 saturated heterocycles. The largest absolute Gasteiger partial charge is 0.140 e. The van der Waals surface area contributed by atoms with E-state index in [0.29, 0.717) is 0 Å². The fraction of sp³-hybridized carbons (Fsp3) is 0. The van der Waals surface area contributed by atoms with E-state index < -0.39 is 0 Å². The zero-order valence-electron chi connectivity index (χ0n) is 5.59. The number of benzene rings is 1. The van der Waals surface area contributed by atoms with Gasteiger partial charge >= 0.3 is 0 Å². The van der Waals surface area contributed by atoms with Crippen molar-refractivity contribution in [3.8, 4) is 0 Å². The van der Waals surface area contributed by atoms with Gasteiger partial charge in [-0.3, -0.25) is 0 Å². The van der Waals surface area contributed by atoms with Crippen LogP contribution in [0, 0.1) is 0 Å². The summed E-state index contributed by atoms with van der Waals surface area (Å²) in [6, 6.07) is 2.05. The molecule has 0 aliphatic rings. The maximum absolute atomic E-state index is 3.47. The highest BCUT2D eigenvalue weighted by atomic mass is 79.9. The first-order chi connectivity index (χ1) is 5.04. The Hall–Kier alpha value is 1.20. The van der Waals surface area contributed by atoms with Crippen molar-refractivity contribution in [3.05, 3.63) is 24.0 Å². The highest BCUT2D eigenvalue weighted by molar-refractivity contribution is 9.15. The van der Waals surface area contributed by atoms with Gasteiger partial charge < -0.3 is 0 Å². The topological polar surface area (TPSA) is 0 Å². The van der Waals surface area contributed by atoms with E-state index in [0.717, 1.165) is 17.9 Å². The van der Waals surface area contributed by atoms with Crippen LogP contribution in [0.25, 0.3) is 0 Å². The van der Waals surface area contributed by atoms with Crippen molar-refractivity contribution in [1.29, 1.82) is 0 Å². The van der Waals surface area contributed by atoms with Crippen molar-refractivity contribution in [2.24, 2.45) is 0 Å². The van der Waals surface area contributed by atoms with E-state index in [1.807, 2.05) is 7.85 Å². The molecule has 11 heavy (non-hydrogen) atoms. The van der Waals surface area contributed by atoms with Gasteiger partial charge in [0.1, 0.15) is 7.85 Å². The van der Waals surface area contributed by atoms with Crippen LogP contribution in [-0.2, 0) is 0 Å². The Balaban J connectivity index is 3.46. The molecule has 1 rings (SSSR count). The molecule has 0 bridgehead atoms. The molecule has 0 nitrogen and oxygen atoms in total. The number of hydrogen-bond donors (Lipinski definition) is 0. The average Bonchev–Trinajstić information content (AvgIpc) is 1.97. The Morgan fingerprint density at radius 2 is 1.45 bits per heavy atom. The molecular weight excluding hydrogens is 402 g/mol. The molecule has 0 spiro atoms. The van der Waals surface area contributed by atoms with Crippen molar-refractivity contribution in [3.63, 3.8) is 0 Å². The van der Waals surface area contributed by atoms with E-state index in [1.54, 1.807) is 0 Å². The van der Waals surface area contributed by atoms with Crippen molar-refractivity contribution in [2.45, 2.75) is 0 Å². The summed E-state index contributed by atoms with van der Waals surface area (Å²) < 4.78 is 4.23. The van der Waals surface area contributed by atoms with Gasteiger partial charge in [-0.1, -0.05) is 27.5 Å². The van der Waals surface area contributed by atoms with E-state index in [-0.39, 0.29) is 0 Å². The molecule has 1 aromatic carbocycles. The molecule has 0 saturated carbocycles. The molecule has 0 radical (unpaired) electrons. The van der Waals surface area contributed by atoms with Crippen LogP contribution in [0.3, 0.4) is 0 Å². The molecule has 0 aliphatic carbocycles. The molecule has 0 unspecified atom stereocenters. The lowest BCUT2D eigenvalue weighted by Crippen LogP contribution is -2.04. The van der Waals surface area contributed by atoms with Crippen LogP contribution >= 0.6 is 63.7 Å². The lowest BCUT2D eigenvalue weighted by Gasteiger charge is -2.05. The molecule has 0 N–H and O–H groups in total. The minimum absolute atomic E-state index is 1.04. The van der Waals surface area contributed by atoms with Crippen LogP contribution in [0.5, 0.6) is 0 Å². The molecule has 5 heteroatoms. The molecule has 0 aliphatic heterocycles. The Morgan fingerprint density at radius 3 is 2.00 bits per heavy atom. The molecule has 1 aromatic rings. The van der Waals surface area contributed by atoms with Crippen LogP contribution in [0.1, 0.15) is 0 Å². The van der Waals surface area contributed by atoms with Gasteiger partial charge in [-0.15, -0.1) is 0 Å². The smallest absolute Gasteiger partial charge is 0.0727 e. The lowest BCUT2D eigenvalue weighted by atomic mass is 9.97. The number of hydrogen-bond acceptors (Lipinski definition) is 0. The third-order valence-corrected chi connectivity index (χ3v) is 6.14. The highest BCUT2D eigenvalue weighted by Crippen LogP contribution is 2.34. The Kier molecular flexibility index (Phi) is 3.69. The second-order valence-electron chi connectivity index (χ2n) is 2.12. The second kappa shape index (κ2) is 3.94. The SMILES string of the molecule is Bc1cc(Br)c(Br)c(Br)c1Br. The molecule has 0 amide bonds. The molecule has 0 heterocycles. The lowest BCUT2D eigenvalue weighted by molar-refractivity contribution is 1.53. The zero-order chi connectivity index (χ0) is 8.59. The molecule has 0 atom stereocenters. The van der Waals surface area contributed by atoms with Crippen LogP contribution in [0.4, 0.5) is 0 Å². The maximum Gasteiger partial charge on any atom is 0.140 e. The summed E-state index contributed by atoms with van der Waals surface area (Å²) in [4.78, 5) is 0. The van der Waals surface area contributed by atoms with Crippen molar-refractivity contribution in [1.82, 2.24) is 0 Å². The Morgan fingerprint density at radius 1 is 0.909 bits per heavy atom. The van der Waals surface area contributed by atoms with Gasteiger partial charge in [0.15, 0.2) is 0 Å². The van der Waals surface area contributed by atoms with Crippen molar-refractivity contribution >= 4 is 77.0 Å². The van der Waals surface area contributed by atoms with Gasteiger partial charge in [0.25, 0.3) is 0 Å². The first kappa shape index (κ1) is 10.3. The minimum atomic E-state index is 1.04. The van der Waals surface area contributed by atoms with E-state index >= 15 is 0 Å². The molecule has 58 valence electrons. The summed E-state index contributed by atoms with van der Waals surface area (Å²) in [5, 5.41) is 0. The van der Waals surface area contributed by atoms with Crippen LogP contribution in [-0.4, -0.2) is 7.85 Å². The third kappa shape index (κ3) is 2.11. The second-order valence-corrected chi connectivity index (χ2v) is 5.35. The normalized spacial score (nSPS) is 10.2. The third-order valence-electron chi connectivity index (χ3n) is 1.28. The monoisotopic (exact) mass is 402 g/mol. The van der Waals surface area contributed by atoms with Gasteiger partial charge in [-0.25, -0.2) is 0 Å². The molecular formula is C6H3BBr4. The van der Waals surface area contributed by atoms with Gasteiger partial charge in [-0.2, -0.15) is 0 Å². The predicted molar refractivity (Wildman–Crippen MR) is 65.4 cm³/mol. The van der Waals surface area contributed by atoms with E-state index in [9.17, 15) is 0 Å². The quantitative estimate of drug-likeness (QED) is 0.354. The minimum Gasteiger partial charge on any atom is -0.0727 e. The summed E-state index contributed by atoms with van der Waals surface area (Å²) in [5.41, 5.74) is 1.20. The predicted octanol–water partition coefficient (Wildman–Crippen LogP) is 3.00. The summed E-state index contributed by atoms with van der Waals surface area (Å²) in [7, 11) is 2.05. The standard InChI is InChI=1S/C6H3BBr4/c7-2-1-3(8)5(10)6(11)4(2)9/h1H,7H2. The van der Waals surface area contributed by atoms with Crippen LogP contribution in [0.15, 0.2) is 24.0 Å². The van der Waals surface area contributed by atoms with Crippen LogP contribution in [0.2, 0.25) is 0 Å². The van der Waals surface area contributed by atoms with Crippen molar-refractivity contribution in [2.75, 3.05) is 0 Å². The van der Waals surface area contributed by atoms with Crippen LogP contribution < -0.4 is 5.46 Å². The zero-order valence-corrected chi connectivity index (χ0v) is 11.9. The fourth-order valence-electron chi connectivity index (χ4n) is 0.691. The maximum atomic E-state index is 3.47. The highest BCUT2D eigenvalue weighted by Gasteiger charge is 2.07. The average molecular weight is 406 g/mol.